The number of nitrogens with zero attached hydrogens (tertiary/aromatic N) is 3. The van der Waals surface area contributed by atoms with Crippen molar-refractivity contribution in [1.82, 2.24) is 14.5 Å². The number of methoxy groups -OCH3 is 1. The highest BCUT2D eigenvalue weighted by Crippen LogP contribution is 2.40. The topological polar surface area (TPSA) is 86.5 Å². The summed E-state index contributed by atoms with van der Waals surface area (Å²) in [5, 5.41) is 10.7. The first kappa shape index (κ1) is 19.2. The number of fused-ring (bicyclic) bond motifs is 1. The van der Waals surface area contributed by atoms with E-state index in [0.29, 0.717) is 5.69 Å². The molecule has 0 aromatic heterocycles. The number of hydrogen-bond acceptors (Lipinski definition) is 6. The van der Waals surface area contributed by atoms with E-state index in [-0.39, 0.29) is 23.0 Å². The Balaban J connectivity index is 2.01. The van der Waals surface area contributed by atoms with E-state index in [2.05, 4.69) is 21.9 Å². The lowest BCUT2D eigenvalue weighted by Crippen LogP contribution is -2.25. The largest absolute Gasteiger partial charge is 0.497 e. The minimum atomic E-state index is -0.696. The summed E-state index contributed by atoms with van der Waals surface area (Å²) in [6.45, 7) is 6.95. The molecule has 0 unspecified atom stereocenters. The van der Waals surface area contributed by atoms with Crippen molar-refractivity contribution in [3.63, 3.8) is 0 Å². The molecule has 7 nitrogen and oxygen atoms in total. The first-order valence-corrected chi connectivity index (χ1v) is 8.65. The third-order valence-corrected chi connectivity index (χ3v) is 4.02. The second kappa shape index (κ2) is 7.24. The number of aryl methyl sites for hydroxylation is 1. The number of benzene rings is 1. The van der Waals surface area contributed by atoms with Crippen molar-refractivity contribution >= 4 is 5.97 Å². The van der Waals surface area contributed by atoms with Crippen LogP contribution in [-0.4, -0.2) is 32.7 Å². The number of aromatic hydroxyl groups is 1. The van der Waals surface area contributed by atoms with Crippen LogP contribution < -0.4 is 9.47 Å². The molecule has 0 saturated carbocycles. The monoisotopic (exact) mass is 379 g/mol. The molecule has 28 heavy (non-hydrogen) atoms. The van der Waals surface area contributed by atoms with Gasteiger partial charge in [0.1, 0.15) is 17.6 Å². The quantitative estimate of drug-likeness (QED) is 0.543. The van der Waals surface area contributed by atoms with Crippen LogP contribution in [0.5, 0.6) is 17.4 Å². The van der Waals surface area contributed by atoms with Crippen molar-refractivity contribution in [1.29, 1.82) is 0 Å². The molecular weight excluding hydrogens is 358 g/mol. The predicted molar refractivity (Wildman–Crippen MR) is 103 cm³/mol. The van der Waals surface area contributed by atoms with Crippen LogP contribution >= 0.6 is 0 Å². The second-order valence-corrected chi connectivity index (χ2v) is 7.27. The van der Waals surface area contributed by atoms with Gasteiger partial charge in [0.25, 0.3) is 0 Å². The Morgan fingerprint density at radius 1 is 1.21 bits per heavy atom. The van der Waals surface area contributed by atoms with E-state index < -0.39 is 11.4 Å². The maximum Gasteiger partial charge on any atom is 0.316 e. The van der Waals surface area contributed by atoms with Gasteiger partial charge >= 0.3 is 5.97 Å². The molecule has 2 aliphatic heterocycles. The number of hydrogen-bond donors (Lipinski definition) is 1. The van der Waals surface area contributed by atoms with Crippen LogP contribution in [0.15, 0.2) is 30.6 Å². The highest BCUT2D eigenvalue weighted by molar-refractivity contribution is 5.83. The highest BCUT2D eigenvalue weighted by Gasteiger charge is 2.30. The number of esters is 1. The van der Waals surface area contributed by atoms with Crippen molar-refractivity contribution in [3.8, 4) is 40.7 Å². The molecule has 0 bridgehead atoms. The van der Waals surface area contributed by atoms with Crippen LogP contribution in [0.3, 0.4) is 0 Å². The average Bonchev–Trinajstić information content (AvgIpc) is 2.97. The third-order valence-electron chi connectivity index (χ3n) is 4.02. The first-order valence-electron chi connectivity index (χ1n) is 8.65. The van der Waals surface area contributed by atoms with Gasteiger partial charge in [-0.05, 0) is 57.9 Å². The van der Waals surface area contributed by atoms with Crippen LogP contribution in [0, 0.1) is 24.3 Å². The summed E-state index contributed by atoms with van der Waals surface area (Å²) in [6.07, 6.45) is 1.37. The zero-order valence-corrected chi connectivity index (χ0v) is 16.4. The fourth-order valence-electron chi connectivity index (χ4n) is 2.38. The Morgan fingerprint density at radius 3 is 2.50 bits per heavy atom. The fourth-order valence-corrected chi connectivity index (χ4v) is 2.38. The van der Waals surface area contributed by atoms with Gasteiger partial charge in [-0.3, -0.25) is 4.79 Å². The van der Waals surface area contributed by atoms with E-state index in [9.17, 15) is 9.90 Å². The Bertz CT molecular complexity index is 1050. The van der Waals surface area contributed by atoms with E-state index >= 15 is 0 Å². The molecule has 2 aliphatic rings. The molecule has 0 atom stereocenters. The summed E-state index contributed by atoms with van der Waals surface area (Å²) in [5.74, 6) is 3.53. The minimum Gasteiger partial charge on any atom is -0.497 e. The van der Waals surface area contributed by atoms with Gasteiger partial charge in [-0.1, -0.05) is 0 Å². The number of ether oxygens (including phenoxy) is 2. The highest BCUT2D eigenvalue weighted by atomic mass is 16.5. The summed E-state index contributed by atoms with van der Waals surface area (Å²) >= 11 is 0. The lowest BCUT2D eigenvalue weighted by molar-refractivity contribution is -0.143. The maximum atomic E-state index is 12.3. The van der Waals surface area contributed by atoms with Crippen molar-refractivity contribution in [2.75, 3.05) is 7.11 Å². The average molecular weight is 379 g/mol. The zero-order valence-electron chi connectivity index (χ0n) is 16.4. The standard InChI is InChI=1S/C21H21N3O4/c1-13-17(28-20(26)21(2,3)4)16-18(23-13)22-12-24(19(16)25)11-10-14-6-8-15(27-5)9-7-14/h6-9,12,25H,1-5H3. The van der Waals surface area contributed by atoms with E-state index in [0.717, 1.165) is 11.3 Å². The van der Waals surface area contributed by atoms with Gasteiger partial charge in [-0.15, -0.1) is 0 Å². The van der Waals surface area contributed by atoms with Crippen LogP contribution in [0.1, 0.15) is 32.0 Å². The van der Waals surface area contributed by atoms with Gasteiger partial charge < -0.3 is 14.6 Å². The van der Waals surface area contributed by atoms with E-state index in [4.69, 9.17) is 9.47 Å². The summed E-state index contributed by atoms with van der Waals surface area (Å²) in [6, 6.07) is 10.0. The molecule has 1 N–H and O–H groups in total. The third kappa shape index (κ3) is 3.76. The minimum absolute atomic E-state index is 0.191. The molecular formula is C21H21N3O4. The van der Waals surface area contributed by atoms with Gasteiger partial charge in [0.2, 0.25) is 5.88 Å². The smallest absolute Gasteiger partial charge is 0.316 e. The molecule has 0 saturated heterocycles. The second-order valence-electron chi connectivity index (χ2n) is 7.27. The van der Waals surface area contributed by atoms with Crippen LogP contribution in [0.2, 0.25) is 0 Å². The van der Waals surface area contributed by atoms with Gasteiger partial charge in [0, 0.05) is 11.6 Å². The zero-order chi connectivity index (χ0) is 20.5. The lowest BCUT2D eigenvalue weighted by atomic mass is 9.97. The van der Waals surface area contributed by atoms with Crippen molar-refractivity contribution in [2.45, 2.75) is 27.7 Å². The lowest BCUT2D eigenvalue weighted by Gasteiger charge is -2.17. The summed E-state index contributed by atoms with van der Waals surface area (Å²) in [4.78, 5) is 20.8. The first-order chi connectivity index (χ1) is 13.2. The summed E-state index contributed by atoms with van der Waals surface area (Å²) in [7, 11) is 1.59. The summed E-state index contributed by atoms with van der Waals surface area (Å²) < 4.78 is 11.9. The molecule has 7 heteroatoms. The molecule has 0 radical (unpaired) electrons. The van der Waals surface area contributed by atoms with E-state index in [1.54, 1.807) is 59.1 Å². The van der Waals surface area contributed by atoms with Crippen LogP contribution in [0.25, 0.3) is 11.4 Å². The van der Waals surface area contributed by atoms with E-state index in [1.807, 2.05) is 0 Å². The molecule has 144 valence electrons. The molecule has 2 heterocycles. The van der Waals surface area contributed by atoms with Gasteiger partial charge in [0.05, 0.1) is 18.2 Å². The van der Waals surface area contributed by atoms with E-state index in [1.165, 1.54) is 10.9 Å². The normalized spacial score (nSPS) is 11.0. The van der Waals surface area contributed by atoms with Gasteiger partial charge in [0.15, 0.2) is 11.6 Å². The van der Waals surface area contributed by atoms with Gasteiger partial charge in [-0.2, -0.15) is 0 Å². The fraction of sp³-hybridized carbons (Fsp3) is 0.286. The Hall–Kier alpha value is -3.53. The molecule has 3 rings (SSSR count). The molecule has 0 spiro atoms. The number of carbonyl (C=O) groups is 1. The van der Waals surface area contributed by atoms with Crippen molar-refractivity contribution < 1.29 is 19.4 Å². The molecule has 0 fully saturated rings. The molecule has 1 aromatic rings. The number of rotatable bonds is 2. The summed E-state index contributed by atoms with van der Waals surface area (Å²) in [5.41, 5.74) is 0.764. The Morgan fingerprint density at radius 2 is 1.89 bits per heavy atom. The number of aromatic nitrogens is 3. The maximum absolute atomic E-state index is 12.3. The van der Waals surface area contributed by atoms with Crippen molar-refractivity contribution in [2.24, 2.45) is 5.41 Å². The van der Waals surface area contributed by atoms with Crippen LogP contribution in [0.4, 0.5) is 0 Å². The molecule has 0 amide bonds. The van der Waals surface area contributed by atoms with Crippen LogP contribution in [-0.2, 0) is 4.79 Å². The SMILES string of the molecule is COc1ccc(C#Cn2cnc3nc(C)c(OC(=O)C(C)(C)C)c-3c2O)cc1. The Kier molecular flexibility index (Phi) is 4.97. The van der Waals surface area contributed by atoms with Gasteiger partial charge in [-0.25, -0.2) is 14.5 Å². The predicted octanol–water partition coefficient (Wildman–Crippen LogP) is 3.21. The van der Waals surface area contributed by atoms with Crippen molar-refractivity contribution in [3.05, 3.63) is 41.9 Å². The molecule has 1 aromatic carbocycles. The Labute approximate surface area is 163 Å². The number of carbonyl (C=O) groups excluding carboxylic acids is 1. The molecule has 0 aliphatic carbocycles.